The summed E-state index contributed by atoms with van der Waals surface area (Å²) in [5.74, 6) is 0.764. The van der Waals surface area contributed by atoms with Gasteiger partial charge in [-0.2, -0.15) is 4.31 Å². The molecule has 2 aromatic rings. The fraction of sp³-hybridized carbons (Fsp3) is 0.435. The number of likely N-dealkylation sites (tertiary alicyclic amines) is 1. The number of sulfonamides is 1. The van der Waals surface area contributed by atoms with Crippen molar-refractivity contribution >= 4 is 15.9 Å². The van der Waals surface area contributed by atoms with Crippen molar-refractivity contribution < 1.29 is 17.9 Å². The van der Waals surface area contributed by atoms with E-state index in [1.54, 1.807) is 19.2 Å². The van der Waals surface area contributed by atoms with Crippen molar-refractivity contribution in [1.82, 2.24) is 9.21 Å². The molecule has 1 unspecified atom stereocenters. The number of benzene rings is 2. The highest BCUT2D eigenvalue weighted by atomic mass is 32.2. The van der Waals surface area contributed by atoms with Crippen molar-refractivity contribution in [1.29, 1.82) is 0 Å². The van der Waals surface area contributed by atoms with E-state index in [1.807, 2.05) is 36.9 Å². The van der Waals surface area contributed by atoms with Crippen LogP contribution >= 0.6 is 0 Å². The molecule has 7 heteroatoms. The largest absolute Gasteiger partial charge is 0.497 e. The molecule has 0 radical (unpaired) electrons. The first kappa shape index (κ1) is 22.3. The van der Waals surface area contributed by atoms with Gasteiger partial charge in [-0.1, -0.05) is 26.0 Å². The molecule has 6 nitrogen and oxygen atoms in total. The van der Waals surface area contributed by atoms with Gasteiger partial charge < -0.3 is 9.64 Å². The molecule has 0 bridgehead atoms. The van der Waals surface area contributed by atoms with Gasteiger partial charge in [0.1, 0.15) is 5.75 Å². The SMILES string of the molecule is CCN(CC)S(=O)(=O)c1ccc(C(=O)N2CCCC2Cc2cccc(OC)c2)cc1. The fourth-order valence-corrected chi connectivity index (χ4v) is 5.49. The van der Waals surface area contributed by atoms with Crippen molar-refractivity contribution in [3.8, 4) is 5.75 Å². The molecule has 0 aliphatic carbocycles. The standard InChI is InChI=1S/C23H30N2O4S/c1-4-24(5-2)30(27,28)22-13-11-19(12-14-22)23(26)25-15-7-9-20(25)16-18-8-6-10-21(17-18)29-3/h6,8,10-14,17,20H,4-5,7,9,15-16H2,1-3H3. The summed E-state index contributed by atoms with van der Waals surface area (Å²) in [4.78, 5) is 15.2. The summed E-state index contributed by atoms with van der Waals surface area (Å²) in [6, 6.07) is 14.4. The van der Waals surface area contributed by atoms with Gasteiger partial charge >= 0.3 is 0 Å². The zero-order valence-electron chi connectivity index (χ0n) is 17.9. The highest BCUT2D eigenvalue weighted by Crippen LogP contribution is 2.25. The Morgan fingerprint density at radius 3 is 2.47 bits per heavy atom. The third-order valence-electron chi connectivity index (χ3n) is 5.69. The maximum atomic E-state index is 13.1. The third kappa shape index (κ3) is 4.68. The number of hydrogen-bond donors (Lipinski definition) is 0. The molecular weight excluding hydrogens is 400 g/mol. The predicted octanol–water partition coefficient (Wildman–Crippen LogP) is 3.57. The van der Waals surface area contributed by atoms with Crippen molar-refractivity contribution in [3.63, 3.8) is 0 Å². The van der Waals surface area contributed by atoms with Crippen LogP contribution in [0.3, 0.4) is 0 Å². The van der Waals surface area contributed by atoms with Crippen LogP contribution in [0.4, 0.5) is 0 Å². The molecule has 1 aliphatic heterocycles. The van der Waals surface area contributed by atoms with Crippen LogP contribution in [0.2, 0.25) is 0 Å². The zero-order chi connectivity index (χ0) is 21.7. The summed E-state index contributed by atoms with van der Waals surface area (Å²) in [6.07, 6.45) is 2.70. The molecule has 1 amide bonds. The summed E-state index contributed by atoms with van der Waals surface area (Å²) in [7, 11) is -1.88. The predicted molar refractivity (Wildman–Crippen MR) is 117 cm³/mol. The summed E-state index contributed by atoms with van der Waals surface area (Å²) in [5.41, 5.74) is 1.66. The monoisotopic (exact) mass is 430 g/mol. The van der Waals surface area contributed by atoms with Gasteiger partial charge in [-0.25, -0.2) is 8.42 Å². The van der Waals surface area contributed by atoms with Gasteiger partial charge in [0.15, 0.2) is 0 Å². The maximum absolute atomic E-state index is 13.1. The van der Waals surface area contributed by atoms with Gasteiger partial charge in [0, 0.05) is 31.2 Å². The number of methoxy groups -OCH3 is 1. The summed E-state index contributed by atoms with van der Waals surface area (Å²) in [6.45, 7) is 5.18. The van der Waals surface area contributed by atoms with Crippen LogP contribution in [-0.4, -0.2) is 56.3 Å². The molecule has 30 heavy (non-hydrogen) atoms. The van der Waals surface area contributed by atoms with Gasteiger partial charge in [-0.15, -0.1) is 0 Å². The van der Waals surface area contributed by atoms with E-state index in [4.69, 9.17) is 4.74 Å². The van der Waals surface area contributed by atoms with E-state index in [2.05, 4.69) is 6.07 Å². The minimum atomic E-state index is -3.52. The summed E-state index contributed by atoms with van der Waals surface area (Å²) >= 11 is 0. The molecule has 0 spiro atoms. The second-order valence-electron chi connectivity index (χ2n) is 7.46. The van der Waals surface area contributed by atoms with Gasteiger partial charge in [-0.05, 0) is 61.2 Å². The highest BCUT2D eigenvalue weighted by molar-refractivity contribution is 7.89. The maximum Gasteiger partial charge on any atom is 0.254 e. The molecule has 1 fully saturated rings. The molecular formula is C23H30N2O4S. The summed E-state index contributed by atoms with van der Waals surface area (Å²) < 4.78 is 32.0. The van der Waals surface area contributed by atoms with Gasteiger partial charge in [0.05, 0.1) is 12.0 Å². The lowest BCUT2D eigenvalue weighted by molar-refractivity contribution is 0.0736. The van der Waals surface area contributed by atoms with E-state index in [1.165, 1.54) is 16.4 Å². The number of nitrogens with zero attached hydrogens (tertiary/aromatic N) is 2. The zero-order valence-corrected chi connectivity index (χ0v) is 18.7. The van der Waals surface area contributed by atoms with Crippen LogP contribution in [0.25, 0.3) is 0 Å². The van der Waals surface area contributed by atoms with Crippen LogP contribution in [0.5, 0.6) is 5.75 Å². The topological polar surface area (TPSA) is 66.9 Å². The number of ether oxygens (including phenoxy) is 1. The molecule has 2 aromatic carbocycles. The lowest BCUT2D eigenvalue weighted by Crippen LogP contribution is -2.36. The van der Waals surface area contributed by atoms with E-state index < -0.39 is 10.0 Å². The quantitative estimate of drug-likeness (QED) is 0.642. The van der Waals surface area contributed by atoms with E-state index in [9.17, 15) is 13.2 Å². The average Bonchev–Trinajstić information content (AvgIpc) is 3.22. The van der Waals surface area contributed by atoms with E-state index in [-0.39, 0.29) is 16.8 Å². The number of amides is 1. The van der Waals surface area contributed by atoms with Gasteiger partial charge in [0.2, 0.25) is 10.0 Å². The lowest BCUT2D eigenvalue weighted by atomic mass is 10.0. The van der Waals surface area contributed by atoms with E-state index in [0.717, 1.165) is 30.6 Å². The molecule has 0 aromatic heterocycles. The Morgan fingerprint density at radius 1 is 1.13 bits per heavy atom. The Morgan fingerprint density at radius 2 is 1.83 bits per heavy atom. The second kappa shape index (κ2) is 9.62. The van der Waals surface area contributed by atoms with Gasteiger partial charge in [0.25, 0.3) is 5.91 Å². The molecule has 3 rings (SSSR count). The number of carbonyl (C=O) groups is 1. The minimum Gasteiger partial charge on any atom is -0.497 e. The van der Waals surface area contributed by atoms with Crippen LogP contribution in [-0.2, 0) is 16.4 Å². The third-order valence-corrected chi connectivity index (χ3v) is 7.75. The van der Waals surface area contributed by atoms with Crippen molar-refractivity contribution in [2.45, 2.75) is 44.0 Å². The van der Waals surface area contributed by atoms with Crippen molar-refractivity contribution in [2.75, 3.05) is 26.7 Å². The minimum absolute atomic E-state index is 0.0489. The highest BCUT2D eigenvalue weighted by Gasteiger charge is 2.30. The normalized spacial score (nSPS) is 16.8. The summed E-state index contributed by atoms with van der Waals surface area (Å²) in [5, 5.41) is 0. The Labute approximate surface area is 179 Å². The van der Waals surface area contributed by atoms with Gasteiger partial charge in [-0.3, -0.25) is 4.79 Å². The molecule has 1 heterocycles. The van der Waals surface area contributed by atoms with E-state index in [0.29, 0.717) is 25.2 Å². The average molecular weight is 431 g/mol. The lowest BCUT2D eigenvalue weighted by Gasteiger charge is -2.25. The number of rotatable bonds is 8. The van der Waals surface area contributed by atoms with Crippen LogP contribution in [0.1, 0.15) is 42.6 Å². The Hall–Kier alpha value is -2.38. The fourth-order valence-electron chi connectivity index (χ4n) is 4.03. The first-order valence-corrected chi connectivity index (χ1v) is 11.9. The molecule has 1 atom stereocenters. The van der Waals surface area contributed by atoms with Crippen molar-refractivity contribution in [3.05, 3.63) is 59.7 Å². The van der Waals surface area contributed by atoms with E-state index >= 15 is 0 Å². The first-order valence-electron chi connectivity index (χ1n) is 10.4. The smallest absolute Gasteiger partial charge is 0.254 e. The molecule has 162 valence electrons. The Balaban J connectivity index is 1.75. The second-order valence-corrected chi connectivity index (χ2v) is 9.40. The van der Waals surface area contributed by atoms with Crippen LogP contribution < -0.4 is 4.74 Å². The number of carbonyl (C=O) groups excluding carboxylic acids is 1. The van der Waals surface area contributed by atoms with Crippen LogP contribution in [0.15, 0.2) is 53.4 Å². The van der Waals surface area contributed by atoms with Crippen molar-refractivity contribution in [2.24, 2.45) is 0 Å². The Kier molecular flexibility index (Phi) is 7.15. The Bertz CT molecular complexity index is 969. The van der Waals surface area contributed by atoms with Crippen LogP contribution in [0, 0.1) is 0 Å². The molecule has 0 N–H and O–H groups in total. The molecule has 0 saturated carbocycles. The molecule has 1 saturated heterocycles. The number of hydrogen-bond acceptors (Lipinski definition) is 4. The first-order chi connectivity index (χ1) is 14.4. The molecule has 1 aliphatic rings.